The van der Waals surface area contributed by atoms with E-state index in [1.807, 2.05) is 6.92 Å². The molecular weight excluding hydrogens is 181 g/mol. The van der Waals surface area contributed by atoms with Crippen molar-refractivity contribution < 1.29 is 9.13 Å². The molecule has 2 nitrogen and oxygen atoms in total. The fourth-order valence-electron chi connectivity index (χ4n) is 1.09. The Labute approximate surface area is 83.4 Å². The normalized spacial score (nSPS) is 9.64. The molecule has 0 aliphatic heterocycles. The van der Waals surface area contributed by atoms with Crippen molar-refractivity contribution in [1.29, 1.82) is 0 Å². The molecule has 1 N–H and O–H groups in total. The lowest BCUT2D eigenvalue weighted by Gasteiger charge is -2.11. The third-order valence-corrected chi connectivity index (χ3v) is 1.76. The topological polar surface area (TPSA) is 21.3 Å². The van der Waals surface area contributed by atoms with Crippen LogP contribution in [0.25, 0.3) is 0 Å². The first kappa shape index (κ1) is 10.6. The van der Waals surface area contributed by atoms with Crippen LogP contribution < -0.4 is 10.1 Å². The standard InChI is InChI=1S/C11H14FNO/c1-8(2)7-13-11-9(12)5-4-6-10(11)14-3/h4-6,13H,1,7H2,2-3H3. The van der Waals surface area contributed by atoms with Gasteiger partial charge in [-0.2, -0.15) is 0 Å². The van der Waals surface area contributed by atoms with E-state index in [2.05, 4.69) is 11.9 Å². The van der Waals surface area contributed by atoms with Crippen molar-refractivity contribution in [3.63, 3.8) is 0 Å². The van der Waals surface area contributed by atoms with Crippen molar-refractivity contribution in [2.75, 3.05) is 19.0 Å². The van der Waals surface area contributed by atoms with E-state index in [-0.39, 0.29) is 5.82 Å². The quantitative estimate of drug-likeness (QED) is 0.746. The highest BCUT2D eigenvalue weighted by Gasteiger charge is 2.07. The van der Waals surface area contributed by atoms with Crippen LogP contribution in [0.2, 0.25) is 0 Å². The molecule has 0 spiro atoms. The van der Waals surface area contributed by atoms with Crippen molar-refractivity contribution in [3.05, 3.63) is 36.2 Å². The molecule has 0 aliphatic carbocycles. The van der Waals surface area contributed by atoms with Crippen LogP contribution in [0.4, 0.5) is 10.1 Å². The zero-order chi connectivity index (χ0) is 10.6. The zero-order valence-corrected chi connectivity index (χ0v) is 8.43. The Hall–Kier alpha value is -1.51. The van der Waals surface area contributed by atoms with E-state index in [0.29, 0.717) is 18.0 Å². The van der Waals surface area contributed by atoms with E-state index >= 15 is 0 Å². The fourth-order valence-corrected chi connectivity index (χ4v) is 1.09. The van der Waals surface area contributed by atoms with Gasteiger partial charge in [-0.15, -0.1) is 0 Å². The van der Waals surface area contributed by atoms with Gasteiger partial charge in [0.2, 0.25) is 0 Å². The lowest BCUT2D eigenvalue weighted by molar-refractivity contribution is 0.413. The maximum absolute atomic E-state index is 13.3. The Balaban J connectivity index is 2.87. The fraction of sp³-hybridized carbons (Fsp3) is 0.273. The van der Waals surface area contributed by atoms with Gasteiger partial charge in [-0.3, -0.25) is 0 Å². The van der Waals surface area contributed by atoms with Crippen molar-refractivity contribution in [2.45, 2.75) is 6.92 Å². The molecule has 0 unspecified atom stereocenters. The highest BCUT2D eigenvalue weighted by Crippen LogP contribution is 2.26. The van der Waals surface area contributed by atoms with Crippen LogP contribution in [0.15, 0.2) is 30.4 Å². The van der Waals surface area contributed by atoms with Crippen LogP contribution in [0, 0.1) is 5.82 Å². The second-order valence-electron chi connectivity index (χ2n) is 3.13. The molecule has 14 heavy (non-hydrogen) atoms. The summed E-state index contributed by atoms with van der Waals surface area (Å²) in [6.07, 6.45) is 0. The van der Waals surface area contributed by atoms with Crippen molar-refractivity contribution in [1.82, 2.24) is 0 Å². The number of hydrogen-bond acceptors (Lipinski definition) is 2. The minimum atomic E-state index is -0.314. The number of hydrogen-bond donors (Lipinski definition) is 1. The summed E-state index contributed by atoms with van der Waals surface area (Å²) in [5, 5.41) is 2.93. The van der Waals surface area contributed by atoms with E-state index in [1.54, 1.807) is 12.1 Å². The van der Waals surface area contributed by atoms with Gasteiger partial charge >= 0.3 is 0 Å². The van der Waals surface area contributed by atoms with Gasteiger partial charge < -0.3 is 10.1 Å². The predicted molar refractivity (Wildman–Crippen MR) is 56.3 cm³/mol. The average molecular weight is 195 g/mol. The second kappa shape index (κ2) is 4.65. The Morgan fingerprint density at radius 3 is 2.86 bits per heavy atom. The molecule has 0 heterocycles. The van der Waals surface area contributed by atoms with Gasteiger partial charge in [-0.05, 0) is 19.1 Å². The van der Waals surface area contributed by atoms with Crippen LogP contribution >= 0.6 is 0 Å². The van der Waals surface area contributed by atoms with Crippen LogP contribution in [0.3, 0.4) is 0 Å². The van der Waals surface area contributed by atoms with Gasteiger partial charge in [-0.1, -0.05) is 18.2 Å². The first-order valence-corrected chi connectivity index (χ1v) is 4.36. The lowest BCUT2D eigenvalue weighted by Crippen LogP contribution is -2.05. The highest BCUT2D eigenvalue weighted by molar-refractivity contribution is 5.57. The van der Waals surface area contributed by atoms with E-state index in [1.165, 1.54) is 13.2 Å². The highest BCUT2D eigenvalue weighted by atomic mass is 19.1. The Bertz CT molecular complexity index is 336. The number of rotatable bonds is 4. The number of halogens is 1. The molecule has 0 radical (unpaired) electrons. The molecule has 0 aromatic heterocycles. The summed E-state index contributed by atoms with van der Waals surface area (Å²) in [5.41, 5.74) is 1.33. The summed E-state index contributed by atoms with van der Waals surface area (Å²) in [7, 11) is 1.51. The number of anilines is 1. The molecular formula is C11H14FNO. The smallest absolute Gasteiger partial charge is 0.150 e. The molecule has 0 atom stereocenters. The number of para-hydroxylation sites is 1. The minimum absolute atomic E-state index is 0.314. The largest absolute Gasteiger partial charge is 0.494 e. The summed E-state index contributed by atoms with van der Waals surface area (Å²) in [5.74, 6) is 0.192. The van der Waals surface area contributed by atoms with Gasteiger partial charge in [0, 0.05) is 6.54 Å². The molecule has 0 fully saturated rings. The summed E-state index contributed by atoms with van der Waals surface area (Å²) >= 11 is 0. The maximum atomic E-state index is 13.3. The Morgan fingerprint density at radius 1 is 1.57 bits per heavy atom. The maximum Gasteiger partial charge on any atom is 0.150 e. The van der Waals surface area contributed by atoms with Gasteiger partial charge in [0.15, 0.2) is 0 Å². The molecule has 0 saturated carbocycles. The molecule has 0 amide bonds. The third kappa shape index (κ3) is 2.49. The predicted octanol–water partition coefficient (Wildman–Crippen LogP) is 2.82. The molecule has 1 aromatic rings. The van der Waals surface area contributed by atoms with E-state index < -0.39 is 0 Å². The summed E-state index contributed by atoms with van der Waals surface area (Å²) in [4.78, 5) is 0. The number of methoxy groups -OCH3 is 1. The molecule has 0 saturated heterocycles. The molecule has 0 aliphatic rings. The van der Waals surface area contributed by atoms with Crippen molar-refractivity contribution in [3.8, 4) is 5.75 Å². The SMILES string of the molecule is C=C(C)CNc1c(F)cccc1OC. The van der Waals surface area contributed by atoms with E-state index in [9.17, 15) is 4.39 Å². The molecule has 1 rings (SSSR count). The van der Waals surface area contributed by atoms with Gasteiger partial charge in [0.25, 0.3) is 0 Å². The Kier molecular flexibility index (Phi) is 3.51. The first-order chi connectivity index (χ1) is 6.65. The molecule has 1 aromatic carbocycles. The van der Waals surface area contributed by atoms with Crippen LogP contribution in [-0.2, 0) is 0 Å². The zero-order valence-electron chi connectivity index (χ0n) is 8.43. The summed E-state index contributed by atoms with van der Waals surface area (Å²) < 4.78 is 18.3. The number of ether oxygens (including phenoxy) is 1. The molecule has 3 heteroatoms. The monoisotopic (exact) mass is 195 g/mol. The van der Waals surface area contributed by atoms with Crippen molar-refractivity contribution >= 4 is 5.69 Å². The number of benzene rings is 1. The lowest BCUT2D eigenvalue weighted by atomic mass is 10.2. The third-order valence-electron chi connectivity index (χ3n) is 1.76. The molecule has 0 bridgehead atoms. The number of nitrogens with one attached hydrogen (secondary N) is 1. The van der Waals surface area contributed by atoms with Gasteiger partial charge in [0.1, 0.15) is 17.3 Å². The van der Waals surface area contributed by atoms with Gasteiger partial charge in [0.05, 0.1) is 7.11 Å². The average Bonchev–Trinajstić information content (AvgIpc) is 2.15. The van der Waals surface area contributed by atoms with Crippen LogP contribution in [-0.4, -0.2) is 13.7 Å². The van der Waals surface area contributed by atoms with Crippen LogP contribution in [0.5, 0.6) is 5.75 Å². The van der Waals surface area contributed by atoms with E-state index in [4.69, 9.17) is 4.74 Å². The Morgan fingerprint density at radius 2 is 2.29 bits per heavy atom. The van der Waals surface area contributed by atoms with Crippen LogP contribution in [0.1, 0.15) is 6.92 Å². The molecule has 76 valence electrons. The summed E-state index contributed by atoms with van der Waals surface area (Å²) in [6, 6.07) is 4.72. The van der Waals surface area contributed by atoms with E-state index in [0.717, 1.165) is 5.57 Å². The second-order valence-corrected chi connectivity index (χ2v) is 3.13. The minimum Gasteiger partial charge on any atom is -0.494 e. The van der Waals surface area contributed by atoms with Crippen molar-refractivity contribution in [2.24, 2.45) is 0 Å². The summed E-state index contributed by atoms with van der Waals surface area (Å²) in [6.45, 7) is 6.14. The first-order valence-electron chi connectivity index (χ1n) is 4.36. The van der Waals surface area contributed by atoms with Gasteiger partial charge in [-0.25, -0.2) is 4.39 Å².